The molecule has 0 spiro atoms. The number of halogens is 3. The van der Waals surface area contributed by atoms with Crippen molar-refractivity contribution in [2.75, 3.05) is 11.0 Å². The molecule has 1 aliphatic carbocycles. The second-order valence-corrected chi connectivity index (χ2v) is 10.0. The summed E-state index contributed by atoms with van der Waals surface area (Å²) in [7, 11) is -3.39. The van der Waals surface area contributed by atoms with Gasteiger partial charge in [-0.1, -0.05) is 25.1 Å². The van der Waals surface area contributed by atoms with E-state index in [1.54, 1.807) is 25.1 Å². The Morgan fingerprint density at radius 1 is 1.26 bits per heavy atom. The third-order valence-electron chi connectivity index (χ3n) is 5.67. The number of nitrogens with one attached hydrogen (secondary N) is 2. The van der Waals surface area contributed by atoms with Gasteiger partial charge in [0.05, 0.1) is 18.0 Å². The number of aryl methyl sites for hydroxylation is 1. The molecule has 1 saturated carbocycles. The number of nitrogens with zero attached hydrogens (tertiary/aromatic N) is 1. The number of pyridine rings is 1. The number of anilines is 1. The standard InChI is InChI=1S/C21H24F3N3O3S/c1-12-9-14(5-7-17(12)27-31(4,29)30)13(2)26-19(28)16-10-20(16,3)15-6-8-18(25-11-15)21(22,23)24/h5-9,11,13,16,27H,10H2,1-4H3,(H,26,28)/t13-,16?,20?/m1/s1. The minimum absolute atomic E-state index is 0.189. The average molecular weight is 456 g/mol. The first-order chi connectivity index (χ1) is 14.2. The number of alkyl halides is 3. The van der Waals surface area contributed by atoms with Crippen LogP contribution in [0, 0.1) is 12.8 Å². The molecule has 168 valence electrons. The van der Waals surface area contributed by atoms with Crippen molar-refractivity contribution in [1.29, 1.82) is 0 Å². The van der Waals surface area contributed by atoms with E-state index in [0.717, 1.165) is 23.4 Å². The van der Waals surface area contributed by atoms with Crippen LogP contribution in [0.15, 0.2) is 36.5 Å². The number of aromatic nitrogens is 1. The quantitative estimate of drug-likeness (QED) is 0.691. The molecule has 31 heavy (non-hydrogen) atoms. The normalized spacial score (nSPS) is 22.0. The maximum Gasteiger partial charge on any atom is 0.433 e. The SMILES string of the molecule is Cc1cc([C@@H](C)NC(=O)C2CC2(C)c2ccc(C(F)(F)F)nc2)ccc1NS(C)(=O)=O. The molecule has 0 aliphatic heterocycles. The molecule has 1 aromatic heterocycles. The monoisotopic (exact) mass is 455 g/mol. The van der Waals surface area contributed by atoms with Crippen LogP contribution in [-0.2, 0) is 26.4 Å². The summed E-state index contributed by atoms with van der Waals surface area (Å²) in [6.07, 6.45) is -1.72. The summed E-state index contributed by atoms with van der Waals surface area (Å²) in [6, 6.07) is 7.16. The molecule has 3 atom stereocenters. The van der Waals surface area contributed by atoms with Gasteiger partial charge in [0.2, 0.25) is 15.9 Å². The van der Waals surface area contributed by atoms with Crippen LogP contribution in [0.4, 0.5) is 18.9 Å². The van der Waals surface area contributed by atoms with E-state index in [1.807, 2.05) is 13.8 Å². The summed E-state index contributed by atoms with van der Waals surface area (Å²) in [5, 5.41) is 2.94. The summed E-state index contributed by atoms with van der Waals surface area (Å²) in [5.41, 5.74) is 1.08. The Morgan fingerprint density at radius 3 is 2.45 bits per heavy atom. The molecule has 10 heteroatoms. The summed E-state index contributed by atoms with van der Waals surface area (Å²) in [4.78, 5) is 16.2. The fourth-order valence-corrected chi connectivity index (χ4v) is 4.26. The molecule has 2 aromatic rings. The lowest BCUT2D eigenvalue weighted by molar-refractivity contribution is -0.141. The van der Waals surface area contributed by atoms with E-state index in [2.05, 4.69) is 15.0 Å². The van der Waals surface area contributed by atoms with Gasteiger partial charge in [-0.2, -0.15) is 13.2 Å². The van der Waals surface area contributed by atoms with Crippen molar-refractivity contribution in [1.82, 2.24) is 10.3 Å². The lowest BCUT2D eigenvalue weighted by atomic mass is 9.96. The Balaban J connectivity index is 1.66. The van der Waals surface area contributed by atoms with Gasteiger partial charge in [0.1, 0.15) is 5.69 Å². The molecule has 1 aromatic carbocycles. The first-order valence-corrected chi connectivity index (χ1v) is 11.5. The molecule has 0 saturated heterocycles. The van der Waals surface area contributed by atoms with Crippen LogP contribution >= 0.6 is 0 Å². The molecule has 1 amide bonds. The van der Waals surface area contributed by atoms with Crippen LogP contribution in [0.5, 0.6) is 0 Å². The van der Waals surface area contributed by atoms with Gasteiger partial charge in [-0.05, 0) is 49.1 Å². The highest BCUT2D eigenvalue weighted by Gasteiger charge is 2.56. The molecule has 1 fully saturated rings. The zero-order chi connectivity index (χ0) is 23.2. The van der Waals surface area contributed by atoms with Crippen molar-refractivity contribution < 1.29 is 26.4 Å². The van der Waals surface area contributed by atoms with Gasteiger partial charge < -0.3 is 5.32 Å². The highest BCUT2D eigenvalue weighted by molar-refractivity contribution is 7.92. The summed E-state index contributed by atoms with van der Waals surface area (Å²) >= 11 is 0. The van der Waals surface area contributed by atoms with Gasteiger partial charge in [-0.25, -0.2) is 8.42 Å². The number of sulfonamides is 1. The van der Waals surface area contributed by atoms with Crippen LogP contribution in [0.1, 0.15) is 48.7 Å². The van der Waals surface area contributed by atoms with E-state index in [4.69, 9.17) is 0 Å². The van der Waals surface area contributed by atoms with Gasteiger partial charge >= 0.3 is 6.18 Å². The Bertz CT molecular complexity index is 1100. The Hall–Kier alpha value is -2.62. The highest BCUT2D eigenvalue weighted by atomic mass is 32.2. The summed E-state index contributed by atoms with van der Waals surface area (Å²) in [6.45, 7) is 5.42. The fraction of sp³-hybridized carbons (Fsp3) is 0.429. The molecule has 0 bridgehead atoms. The Morgan fingerprint density at radius 2 is 1.94 bits per heavy atom. The molecule has 0 radical (unpaired) electrons. The van der Waals surface area contributed by atoms with E-state index in [1.165, 1.54) is 12.3 Å². The Kier molecular flexibility index (Phi) is 5.81. The largest absolute Gasteiger partial charge is 0.433 e. The zero-order valence-electron chi connectivity index (χ0n) is 17.5. The summed E-state index contributed by atoms with van der Waals surface area (Å²) < 4.78 is 63.4. The van der Waals surface area contributed by atoms with Crippen molar-refractivity contribution in [2.45, 2.75) is 44.8 Å². The Labute approximate surface area is 179 Å². The second kappa shape index (κ2) is 7.81. The first-order valence-electron chi connectivity index (χ1n) is 9.63. The van der Waals surface area contributed by atoms with Crippen molar-refractivity contribution in [3.05, 3.63) is 58.9 Å². The van der Waals surface area contributed by atoms with Crippen LogP contribution in [0.3, 0.4) is 0 Å². The molecule has 1 aliphatic rings. The van der Waals surface area contributed by atoms with E-state index in [0.29, 0.717) is 17.7 Å². The van der Waals surface area contributed by atoms with Crippen LogP contribution < -0.4 is 10.0 Å². The minimum Gasteiger partial charge on any atom is -0.349 e. The van der Waals surface area contributed by atoms with Crippen LogP contribution in [0.25, 0.3) is 0 Å². The molecular weight excluding hydrogens is 431 g/mol. The van der Waals surface area contributed by atoms with Crippen molar-refractivity contribution >= 4 is 21.6 Å². The maximum atomic E-state index is 12.7. The first kappa shape index (κ1) is 23.1. The topological polar surface area (TPSA) is 88.2 Å². The molecular formula is C21H24F3N3O3S. The predicted molar refractivity (Wildman–Crippen MR) is 111 cm³/mol. The minimum atomic E-state index is -4.50. The van der Waals surface area contributed by atoms with E-state index < -0.39 is 27.3 Å². The molecule has 1 heterocycles. The van der Waals surface area contributed by atoms with Gasteiger partial charge in [-0.15, -0.1) is 0 Å². The lowest BCUT2D eigenvalue weighted by Crippen LogP contribution is -2.30. The number of hydrogen-bond acceptors (Lipinski definition) is 4. The predicted octanol–water partition coefficient (Wildman–Crippen LogP) is 3.94. The van der Waals surface area contributed by atoms with Crippen molar-refractivity contribution in [3.8, 4) is 0 Å². The van der Waals surface area contributed by atoms with Gasteiger partial charge in [0.15, 0.2) is 0 Å². The zero-order valence-corrected chi connectivity index (χ0v) is 18.4. The number of rotatable bonds is 6. The fourth-order valence-electron chi connectivity index (χ4n) is 3.63. The number of carbonyl (C=O) groups is 1. The highest BCUT2D eigenvalue weighted by Crippen LogP contribution is 2.54. The van der Waals surface area contributed by atoms with E-state index in [9.17, 15) is 26.4 Å². The maximum absolute atomic E-state index is 12.7. The average Bonchev–Trinajstić information content (AvgIpc) is 3.35. The van der Waals surface area contributed by atoms with Crippen molar-refractivity contribution in [2.24, 2.45) is 5.92 Å². The third kappa shape index (κ3) is 5.17. The number of hydrogen-bond donors (Lipinski definition) is 2. The molecule has 2 N–H and O–H groups in total. The van der Waals surface area contributed by atoms with Crippen LogP contribution in [-0.4, -0.2) is 25.6 Å². The van der Waals surface area contributed by atoms with Gasteiger partial charge in [-0.3, -0.25) is 14.5 Å². The molecule has 3 rings (SSSR count). The molecule has 2 unspecified atom stereocenters. The van der Waals surface area contributed by atoms with E-state index >= 15 is 0 Å². The van der Waals surface area contributed by atoms with Crippen molar-refractivity contribution in [3.63, 3.8) is 0 Å². The number of benzene rings is 1. The van der Waals surface area contributed by atoms with Gasteiger partial charge in [0.25, 0.3) is 0 Å². The lowest BCUT2D eigenvalue weighted by Gasteiger charge is -2.18. The van der Waals surface area contributed by atoms with Crippen LogP contribution in [0.2, 0.25) is 0 Å². The van der Waals surface area contributed by atoms with Gasteiger partial charge in [0, 0.05) is 17.5 Å². The number of carbonyl (C=O) groups excluding carboxylic acids is 1. The molecule has 6 nitrogen and oxygen atoms in total. The second-order valence-electron chi connectivity index (χ2n) is 8.28. The van der Waals surface area contributed by atoms with E-state index in [-0.39, 0.29) is 17.9 Å². The summed E-state index contributed by atoms with van der Waals surface area (Å²) in [5.74, 6) is -0.549. The smallest absolute Gasteiger partial charge is 0.349 e. The third-order valence-corrected chi connectivity index (χ3v) is 6.26. The number of amides is 1.